The molecule has 0 bridgehead atoms. The monoisotopic (exact) mass is 572 g/mol. The molecule has 0 spiro atoms. The van der Waals surface area contributed by atoms with Gasteiger partial charge in [0.15, 0.2) is 12.4 Å². The lowest BCUT2D eigenvalue weighted by Gasteiger charge is -2.44. The van der Waals surface area contributed by atoms with Gasteiger partial charge in [0.05, 0.1) is 14.2 Å². The van der Waals surface area contributed by atoms with Crippen LogP contribution in [0.2, 0.25) is 0 Å². The molecule has 1 fully saturated rings. The minimum Gasteiger partial charge on any atom is -0.495 e. The van der Waals surface area contributed by atoms with E-state index in [9.17, 15) is 9.18 Å². The lowest BCUT2D eigenvalue weighted by molar-refractivity contribution is -0.139. The molecule has 1 aliphatic heterocycles. The van der Waals surface area contributed by atoms with E-state index in [4.69, 9.17) is 14.2 Å². The highest BCUT2D eigenvalue weighted by molar-refractivity contribution is 9.11. The van der Waals surface area contributed by atoms with Crippen LogP contribution in [0, 0.1) is 5.82 Å². The summed E-state index contributed by atoms with van der Waals surface area (Å²) in [6.07, 6.45) is 0. The lowest BCUT2D eigenvalue weighted by atomic mass is 10.1. The van der Waals surface area contributed by atoms with Gasteiger partial charge in [0.1, 0.15) is 26.3 Å². The molecule has 32 heavy (non-hydrogen) atoms. The molecular weight excluding hydrogens is 547 g/mol. The first-order chi connectivity index (χ1) is 15.2. The molecule has 9 heteroatoms. The number of ether oxygens (including phenoxy) is 3. The molecule has 1 amide bonds. The second-order valence-electron chi connectivity index (χ2n) is 7.83. The van der Waals surface area contributed by atoms with Crippen LogP contribution < -0.4 is 14.2 Å². The van der Waals surface area contributed by atoms with E-state index >= 15 is 0 Å². The molecule has 6 nitrogen and oxygen atoms in total. The summed E-state index contributed by atoms with van der Waals surface area (Å²) < 4.78 is 31.0. The minimum atomic E-state index is -0.238. The number of hydrogen-bond donors (Lipinski definition) is 0. The SMILES string of the molecule is COc1cc(OC)c(Br)c(OCC(=O)N2C[C@H](C)N(Cc3ccc(F)cc3)C[C@H]2C)c1Br. The van der Waals surface area contributed by atoms with Crippen molar-refractivity contribution in [3.05, 3.63) is 50.7 Å². The van der Waals surface area contributed by atoms with Crippen molar-refractivity contribution in [2.45, 2.75) is 32.5 Å². The van der Waals surface area contributed by atoms with Crippen LogP contribution in [0.4, 0.5) is 4.39 Å². The first-order valence-corrected chi connectivity index (χ1v) is 11.8. The quantitative estimate of drug-likeness (QED) is 0.473. The highest BCUT2D eigenvalue weighted by Gasteiger charge is 2.32. The van der Waals surface area contributed by atoms with Crippen molar-refractivity contribution >= 4 is 37.8 Å². The fourth-order valence-electron chi connectivity index (χ4n) is 3.80. The molecule has 0 aliphatic carbocycles. The third-order valence-corrected chi connectivity index (χ3v) is 7.11. The number of carbonyl (C=O) groups excluding carboxylic acids is 1. The fourth-order valence-corrected chi connectivity index (χ4v) is 5.24. The number of methoxy groups -OCH3 is 2. The highest BCUT2D eigenvalue weighted by atomic mass is 79.9. The van der Waals surface area contributed by atoms with Gasteiger partial charge in [-0.25, -0.2) is 4.39 Å². The molecule has 0 aromatic heterocycles. The molecule has 2 atom stereocenters. The normalized spacial score (nSPS) is 19.0. The third-order valence-electron chi connectivity index (χ3n) is 5.61. The Morgan fingerprint density at radius 1 is 1.03 bits per heavy atom. The molecule has 2 aromatic carbocycles. The Bertz CT molecular complexity index is 930. The van der Waals surface area contributed by atoms with Crippen LogP contribution >= 0.6 is 31.9 Å². The predicted molar refractivity (Wildman–Crippen MR) is 128 cm³/mol. The largest absolute Gasteiger partial charge is 0.495 e. The number of amides is 1. The minimum absolute atomic E-state index is 0.0227. The Morgan fingerprint density at radius 2 is 1.62 bits per heavy atom. The van der Waals surface area contributed by atoms with Crippen molar-refractivity contribution in [3.8, 4) is 17.2 Å². The van der Waals surface area contributed by atoms with E-state index in [-0.39, 0.29) is 30.4 Å². The van der Waals surface area contributed by atoms with E-state index in [0.29, 0.717) is 39.3 Å². The zero-order valence-corrected chi connectivity index (χ0v) is 21.7. The van der Waals surface area contributed by atoms with E-state index in [0.717, 1.165) is 12.1 Å². The van der Waals surface area contributed by atoms with Crippen molar-refractivity contribution in [1.29, 1.82) is 0 Å². The standard InChI is InChI=1S/C23H27Br2FN2O4/c1-14-11-28(15(2)10-27(14)12-16-5-7-17(26)8-6-16)20(29)13-32-23-21(24)18(30-3)9-19(31-4)22(23)25/h5-9,14-15H,10-13H2,1-4H3/t14-,15+/m0/s1. The Labute approximate surface area is 204 Å². The lowest BCUT2D eigenvalue weighted by Crippen LogP contribution is -2.58. The van der Waals surface area contributed by atoms with Crippen LogP contribution in [0.5, 0.6) is 17.2 Å². The van der Waals surface area contributed by atoms with Crippen LogP contribution in [0.25, 0.3) is 0 Å². The molecule has 0 N–H and O–H groups in total. The highest BCUT2D eigenvalue weighted by Crippen LogP contribution is 2.46. The topological polar surface area (TPSA) is 51.2 Å². The van der Waals surface area contributed by atoms with Crippen LogP contribution in [0.3, 0.4) is 0 Å². The van der Waals surface area contributed by atoms with Gasteiger partial charge in [-0.05, 0) is 63.4 Å². The molecule has 3 rings (SSSR count). The molecule has 1 aliphatic rings. The zero-order chi connectivity index (χ0) is 23.4. The number of benzene rings is 2. The number of halogens is 3. The fraction of sp³-hybridized carbons (Fsp3) is 0.435. The summed E-state index contributed by atoms with van der Waals surface area (Å²) >= 11 is 6.95. The first-order valence-electron chi connectivity index (χ1n) is 10.3. The first kappa shape index (κ1) is 24.8. The van der Waals surface area contributed by atoms with Crippen molar-refractivity contribution in [1.82, 2.24) is 9.80 Å². The molecule has 0 unspecified atom stereocenters. The van der Waals surface area contributed by atoms with Crippen molar-refractivity contribution < 1.29 is 23.4 Å². The second kappa shape index (κ2) is 10.9. The summed E-state index contributed by atoms with van der Waals surface area (Å²) in [7, 11) is 3.10. The Balaban J connectivity index is 1.65. The van der Waals surface area contributed by atoms with E-state index in [1.807, 2.05) is 11.8 Å². The summed E-state index contributed by atoms with van der Waals surface area (Å²) in [6.45, 7) is 6.05. The van der Waals surface area contributed by atoms with Crippen LogP contribution in [-0.2, 0) is 11.3 Å². The Morgan fingerprint density at radius 3 is 2.19 bits per heavy atom. The molecule has 1 heterocycles. The third kappa shape index (κ3) is 5.55. The number of rotatable bonds is 7. The van der Waals surface area contributed by atoms with E-state index in [2.05, 4.69) is 43.7 Å². The van der Waals surface area contributed by atoms with Crippen molar-refractivity contribution in [2.75, 3.05) is 33.9 Å². The number of hydrogen-bond acceptors (Lipinski definition) is 5. The van der Waals surface area contributed by atoms with Gasteiger partial charge in [-0.3, -0.25) is 9.69 Å². The van der Waals surface area contributed by atoms with Crippen LogP contribution in [-0.4, -0.2) is 61.7 Å². The summed E-state index contributed by atoms with van der Waals surface area (Å²) in [4.78, 5) is 17.2. The summed E-state index contributed by atoms with van der Waals surface area (Å²) in [6, 6.07) is 8.47. The number of carbonyl (C=O) groups is 1. The molecule has 0 saturated carbocycles. The number of nitrogens with zero attached hydrogens (tertiary/aromatic N) is 2. The molecule has 2 aromatic rings. The van der Waals surface area contributed by atoms with Gasteiger partial charge in [0.2, 0.25) is 0 Å². The summed E-state index contributed by atoms with van der Waals surface area (Å²) in [5, 5.41) is 0. The maximum absolute atomic E-state index is 13.2. The molecule has 0 radical (unpaired) electrons. The average Bonchev–Trinajstić information content (AvgIpc) is 2.77. The molecule has 174 valence electrons. The second-order valence-corrected chi connectivity index (χ2v) is 9.41. The van der Waals surface area contributed by atoms with Crippen LogP contribution in [0.15, 0.2) is 39.3 Å². The molecule has 1 saturated heterocycles. The molecular formula is C23H27Br2FN2O4. The average molecular weight is 574 g/mol. The Hall–Kier alpha value is -1.84. The Kier molecular flexibility index (Phi) is 8.41. The van der Waals surface area contributed by atoms with Gasteiger partial charge in [-0.2, -0.15) is 0 Å². The van der Waals surface area contributed by atoms with E-state index in [1.165, 1.54) is 12.1 Å². The predicted octanol–water partition coefficient (Wildman–Crippen LogP) is 4.87. The van der Waals surface area contributed by atoms with Gasteiger partial charge < -0.3 is 19.1 Å². The van der Waals surface area contributed by atoms with Crippen molar-refractivity contribution in [2.24, 2.45) is 0 Å². The van der Waals surface area contributed by atoms with Gasteiger partial charge in [0.25, 0.3) is 5.91 Å². The van der Waals surface area contributed by atoms with E-state index in [1.54, 1.807) is 32.4 Å². The number of piperazine rings is 1. The van der Waals surface area contributed by atoms with Gasteiger partial charge in [-0.15, -0.1) is 0 Å². The smallest absolute Gasteiger partial charge is 0.260 e. The van der Waals surface area contributed by atoms with Gasteiger partial charge in [0, 0.05) is 37.8 Å². The summed E-state index contributed by atoms with van der Waals surface area (Å²) in [5.74, 6) is 1.21. The van der Waals surface area contributed by atoms with Crippen LogP contribution in [0.1, 0.15) is 19.4 Å². The maximum atomic E-state index is 13.2. The van der Waals surface area contributed by atoms with Gasteiger partial charge >= 0.3 is 0 Å². The maximum Gasteiger partial charge on any atom is 0.260 e. The zero-order valence-electron chi connectivity index (χ0n) is 18.5. The van der Waals surface area contributed by atoms with Crippen molar-refractivity contribution in [3.63, 3.8) is 0 Å². The van der Waals surface area contributed by atoms with E-state index < -0.39 is 0 Å². The van der Waals surface area contributed by atoms with Gasteiger partial charge in [-0.1, -0.05) is 12.1 Å². The summed E-state index contributed by atoms with van der Waals surface area (Å²) in [5.41, 5.74) is 1.05.